The van der Waals surface area contributed by atoms with Gasteiger partial charge in [-0.1, -0.05) is 6.92 Å². The molecule has 2 unspecified atom stereocenters. The van der Waals surface area contributed by atoms with Gasteiger partial charge >= 0.3 is 10.4 Å². The lowest BCUT2D eigenvalue weighted by Gasteiger charge is -2.33. The Balaban J connectivity index is 1.95. The largest absolute Gasteiger partial charge is 0.402 e. The van der Waals surface area contributed by atoms with Crippen LogP contribution in [-0.2, 0) is 28.3 Å². The second-order valence-corrected chi connectivity index (χ2v) is 6.75. The summed E-state index contributed by atoms with van der Waals surface area (Å²) in [5, 5.41) is 2.62. The van der Waals surface area contributed by atoms with E-state index in [2.05, 4.69) is 10.2 Å². The third kappa shape index (κ3) is 3.42. The van der Waals surface area contributed by atoms with Crippen molar-refractivity contribution in [2.24, 2.45) is 5.73 Å². The topological polar surface area (TPSA) is 120 Å². The molecule has 2 heterocycles. The molecule has 2 rings (SSSR count). The fourth-order valence-corrected chi connectivity index (χ4v) is 3.74. The Kier molecular flexibility index (Phi) is 5.09. The van der Waals surface area contributed by atoms with E-state index in [4.69, 9.17) is 18.8 Å². The molecule has 0 radical (unpaired) electrons. The molecule has 1 amide bonds. The Morgan fingerprint density at radius 3 is 2.55 bits per heavy atom. The van der Waals surface area contributed by atoms with Crippen molar-refractivity contribution in [1.29, 1.82) is 0 Å². The molecule has 2 aliphatic heterocycles. The Hall–Kier alpha value is -0.780. The van der Waals surface area contributed by atoms with Crippen LogP contribution in [0.15, 0.2) is 0 Å². The van der Waals surface area contributed by atoms with Crippen LogP contribution in [0, 0.1) is 0 Å². The van der Waals surface area contributed by atoms with Gasteiger partial charge in [0.2, 0.25) is 5.72 Å². The van der Waals surface area contributed by atoms with Crippen LogP contribution in [0.2, 0.25) is 0 Å². The van der Waals surface area contributed by atoms with Gasteiger partial charge in [-0.05, 0) is 13.3 Å². The van der Waals surface area contributed by atoms with Crippen LogP contribution >= 0.6 is 0 Å². The van der Waals surface area contributed by atoms with Crippen LogP contribution in [0.3, 0.4) is 0 Å². The standard InChI is InChI=1S/C12H23N3O6S/c1-3-11(2)12(13,21-22(17,18)20-11)10(16)14-4-5-15-6-8-19-9-7-15/h3-9,13H2,1-2H3,(H,14,16). The zero-order valence-corrected chi connectivity index (χ0v) is 13.6. The summed E-state index contributed by atoms with van der Waals surface area (Å²) in [6, 6.07) is 0. The number of nitrogens with one attached hydrogen (secondary N) is 1. The van der Waals surface area contributed by atoms with Gasteiger partial charge in [0.25, 0.3) is 5.91 Å². The van der Waals surface area contributed by atoms with E-state index in [1.807, 2.05) is 0 Å². The molecule has 0 spiro atoms. The summed E-state index contributed by atoms with van der Waals surface area (Å²) in [7, 11) is -4.28. The summed E-state index contributed by atoms with van der Waals surface area (Å²) in [6.07, 6.45) is 0.208. The molecule has 0 bridgehead atoms. The minimum absolute atomic E-state index is 0.208. The maximum absolute atomic E-state index is 12.3. The maximum atomic E-state index is 12.3. The molecule has 0 aromatic heterocycles. The first kappa shape index (κ1) is 17.6. The molecule has 2 fully saturated rings. The summed E-state index contributed by atoms with van der Waals surface area (Å²) in [4.78, 5) is 14.5. The molecule has 22 heavy (non-hydrogen) atoms. The number of morpholine rings is 1. The molecule has 2 atom stereocenters. The number of hydrogen-bond acceptors (Lipinski definition) is 8. The van der Waals surface area contributed by atoms with Crippen LogP contribution in [0.4, 0.5) is 0 Å². The number of carbonyl (C=O) groups is 1. The number of nitrogens with two attached hydrogens (primary N) is 1. The zero-order valence-electron chi connectivity index (χ0n) is 12.8. The van der Waals surface area contributed by atoms with Gasteiger partial charge < -0.3 is 10.1 Å². The van der Waals surface area contributed by atoms with E-state index in [9.17, 15) is 13.2 Å². The van der Waals surface area contributed by atoms with E-state index in [1.165, 1.54) is 6.92 Å². The van der Waals surface area contributed by atoms with Crippen molar-refractivity contribution < 1.29 is 26.3 Å². The molecule has 3 N–H and O–H groups in total. The first-order valence-electron chi connectivity index (χ1n) is 7.26. The fourth-order valence-electron chi connectivity index (χ4n) is 2.44. The van der Waals surface area contributed by atoms with Gasteiger partial charge in [-0.15, -0.1) is 0 Å². The molecule has 10 heteroatoms. The van der Waals surface area contributed by atoms with Crippen molar-refractivity contribution in [2.75, 3.05) is 39.4 Å². The number of amides is 1. The molecule has 0 aromatic carbocycles. The Labute approximate surface area is 130 Å². The lowest BCUT2D eigenvalue weighted by atomic mass is 9.89. The third-order valence-electron chi connectivity index (χ3n) is 4.13. The van der Waals surface area contributed by atoms with E-state index in [0.717, 1.165) is 13.1 Å². The van der Waals surface area contributed by atoms with E-state index in [1.54, 1.807) is 6.92 Å². The third-order valence-corrected chi connectivity index (χ3v) is 5.17. The molecular formula is C12H23N3O6S. The van der Waals surface area contributed by atoms with Crippen LogP contribution in [0.1, 0.15) is 20.3 Å². The van der Waals surface area contributed by atoms with Crippen LogP contribution in [0.5, 0.6) is 0 Å². The van der Waals surface area contributed by atoms with Gasteiger partial charge in [0.05, 0.1) is 13.2 Å². The highest BCUT2D eigenvalue weighted by atomic mass is 32.3. The second kappa shape index (κ2) is 6.38. The van der Waals surface area contributed by atoms with E-state index in [-0.39, 0.29) is 6.42 Å². The Morgan fingerprint density at radius 1 is 1.32 bits per heavy atom. The van der Waals surface area contributed by atoms with E-state index in [0.29, 0.717) is 26.3 Å². The smallest absolute Gasteiger partial charge is 0.379 e. The first-order chi connectivity index (χ1) is 10.2. The highest BCUT2D eigenvalue weighted by Crippen LogP contribution is 2.39. The van der Waals surface area contributed by atoms with Crippen molar-refractivity contribution in [3.8, 4) is 0 Å². The molecule has 9 nitrogen and oxygen atoms in total. The number of nitrogens with zero attached hydrogens (tertiary/aromatic N) is 1. The normalized spacial score (nSPS) is 35.4. The average Bonchev–Trinajstić information content (AvgIpc) is 2.66. The molecule has 128 valence electrons. The number of carbonyl (C=O) groups excluding carboxylic acids is 1. The summed E-state index contributed by atoms with van der Waals surface area (Å²) < 4.78 is 37.9. The van der Waals surface area contributed by atoms with Crippen molar-refractivity contribution in [3.05, 3.63) is 0 Å². The van der Waals surface area contributed by atoms with Gasteiger partial charge in [0.15, 0.2) is 0 Å². The SMILES string of the molecule is CCC1(C)OS(=O)(=O)OC1(N)C(=O)NCCN1CCOCC1. The highest BCUT2D eigenvalue weighted by Gasteiger charge is 2.63. The van der Waals surface area contributed by atoms with Gasteiger partial charge in [-0.25, -0.2) is 8.37 Å². The van der Waals surface area contributed by atoms with Crippen molar-refractivity contribution in [3.63, 3.8) is 0 Å². The molecule has 0 aromatic rings. The van der Waals surface area contributed by atoms with Gasteiger partial charge in [-0.3, -0.25) is 15.4 Å². The summed E-state index contributed by atoms with van der Waals surface area (Å²) >= 11 is 0. The minimum Gasteiger partial charge on any atom is -0.379 e. The minimum atomic E-state index is -4.28. The number of ether oxygens (including phenoxy) is 1. The first-order valence-corrected chi connectivity index (χ1v) is 8.59. The molecule has 2 saturated heterocycles. The van der Waals surface area contributed by atoms with Crippen molar-refractivity contribution >= 4 is 16.3 Å². The molecule has 0 aliphatic carbocycles. The zero-order chi connectivity index (χ0) is 16.4. The average molecular weight is 337 g/mol. The molecule has 2 aliphatic rings. The second-order valence-electron chi connectivity index (χ2n) is 5.60. The van der Waals surface area contributed by atoms with Crippen LogP contribution < -0.4 is 11.1 Å². The summed E-state index contributed by atoms with van der Waals surface area (Å²) in [6.45, 7) is 7.00. The van der Waals surface area contributed by atoms with Crippen molar-refractivity contribution in [2.45, 2.75) is 31.6 Å². The van der Waals surface area contributed by atoms with Gasteiger partial charge in [0, 0.05) is 26.2 Å². The summed E-state index contributed by atoms with van der Waals surface area (Å²) in [5.74, 6) is -0.703. The predicted molar refractivity (Wildman–Crippen MR) is 77.0 cm³/mol. The Morgan fingerprint density at radius 2 is 1.95 bits per heavy atom. The van der Waals surface area contributed by atoms with Crippen LogP contribution in [-0.4, -0.2) is 69.9 Å². The van der Waals surface area contributed by atoms with Gasteiger partial charge in [-0.2, -0.15) is 8.42 Å². The molecular weight excluding hydrogens is 314 g/mol. The maximum Gasteiger partial charge on any atom is 0.402 e. The van der Waals surface area contributed by atoms with E-state index >= 15 is 0 Å². The molecule has 0 saturated carbocycles. The number of rotatable bonds is 5. The number of hydrogen-bond donors (Lipinski definition) is 2. The highest BCUT2D eigenvalue weighted by molar-refractivity contribution is 7.82. The monoisotopic (exact) mass is 337 g/mol. The van der Waals surface area contributed by atoms with Gasteiger partial charge in [0.1, 0.15) is 5.60 Å². The Bertz CT molecular complexity index is 521. The quantitative estimate of drug-likeness (QED) is 0.625. The van der Waals surface area contributed by atoms with Crippen LogP contribution in [0.25, 0.3) is 0 Å². The summed E-state index contributed by atoms with van der Waals surface area (Å²) in [5.41, 5.74) is 2.41. The van der Waals surface area contributed by atoms with Crippen molar-refractivity contribution in [1.82, 2.24) is 10.2 Å². The fraction of sp³-hybridized carbons (Fsp3) is 0.917. The van der Waals surface area contributed by atoms with E-state index < -0.39 is 27.6 Å². The lowest BCUT2D eigenvalue weighted by Crippen LogP contribution is -2.66. The predicted octanol–water partition coefficient (Wildman–Crippen LogP) is -1.45. The lowest BCUT2D eigenvalue weighted by molar-refractivity contribution is -0.145.